The first-order valence-electron chi connectivity index (χ1n) is 6.82. The van der Waals surface area contributed by atoms with E-state index in [1.807, 2.05) is 6.92 Å². The van der Waals surface area contributed by atoms with Crippen molar-refractivity contribution in [3.63, 3.8) is 0 Å². The van der Waals surface area contributed by atoms with Gasteiger partial charge in [-0.05, 0) is 13.3 Å². The molecule has 0 radical (unpaired) electrons. The quantitative estimate of drug-likeness (QED) is 0.764. The Morgan fingerprint density at radius 1 is 1.37 bits per heavy atom. The van der Waals surface area contributed by atoms with Gasteiger partial charge in [-0.2, -0.15) is 0 Å². The molecule has 0 spiro atoms. The van der Waals surface area contributed by atoms with Crippen molar-refractivity contribution in [2.45, 2.75) is 25.8 Å². The molecule has 0 amide bonds. The number of thiazole rings is 1. The topological polar surface area (TPSA) is 45.7 Å². The standard InChI is InChI=1S/C13H19N3O2S/c1-10-9-19-13(14-10)16-5-2-4-15(6-7-16)11-3-8-18-12(11)17/h9,11H,2-8H2,1H3/t11-/m1/s1. The number of rotatable bonds is 2. The summed E-state index contributed by atoms with van der Waals surface area (Å²) >= 11 is 1.70. The van der Waals surface area contributed by atoms with E-state index in [1.165, 1.54) is 0 Å². The van der Waals surface area contributed by atoms with Crippen molar-refractivity contribution >= 4 is 22.4 Å². The second-order valence-corrected chi connectivity index (χ2v) is 5.96. The third-order valence-corrected chi connectivity index (χ3v) is 4.78. The van der Waals surface area contributed by atoms with Crippen molar-refractivity contribution in [1.82, 2.24) is 9.88 Å². The maximum absolute atomic E-state index is 11.7. The Labute approximate surface area is 117 Å². The molecule has 2 aliphatic rings. The van der Waals surface area contributed by atoms with Crippen LogP contribution in [0, 0.1) is 6.92 Å². The highest BCUT2D eigenvalue weighted by atomic mass is 32.1. The molecule has 1 aromatic heterocycles. The van der Waals surface area contributed by atoms with Gasteiger partial charge in [0.15, 0.2) is 5.13 Å². The molecular weight excluding hydrogens is 262 g/mol. The minimum Gasteiger partial charge on any atom is -0.464 e. The van der Waals surface area contributed by atoms with Crippen molar-refractivity contribution < 1.29 is 9.53 Å². The molecular formula is C13H19N3O2S. The Balaban J connectivity index is 1.64. The molecule has 19 heavy (non-hydrogen) atoms. The van der Waals surface area contributed by atoms with Crippen LogP contribution < -0.4 is 4.90 Å². The zero-order valence-corrected chi connectivity index (χ0v) is 12.0. The van der Waals surface area contributed by atoms with E-state index >= 15 is 0 Å². The Kier molecular flexibility index (Phi) is 3.70. The number of aryl methyl sites for hydroxylation is 1. The molecule has 0 aliphatic carbocycles. The third-order valence-electron chi connectivity index (χ3n) is 3.76. The number of hydrogen-bond acceptors (Lipinski definition) is 6. The highest BCUT2D eigenvalue weighted by Gasteiger charge is 2.33. The van der Waals surface area contributed by atoms with E-state index in [2.05, 4.69) is 20.2 Å². The number of anilines is 1. The fourth-order valence-electron chi connectivity index (χ4n) is 2.74. The van der Waals surface area contributed by atoms with Crippen LogP contribution >= 0.6 is 11.3 Å². The molecule has 6 heteroatoms. The monoisotopic (exact) mass is 281 g/mol. The molecule has 0 saturated carbocycles. The molecule has 5 nitrogen and oxygen atoms in total. The van der Waals surface area contributed by atoms with Gasteiger partial charge in [0, 0.05) is 38.0 Å². The van der Waals surface area contributed by atoms with Crippen molar-refractivity contribution in [1.29, 1.82) is 0 Å². The lowest BCUT2D eigenvalue weighted by Gasteiger charge is -2.24. The van der Waals surface area contributed by atoms with Crippen LogP contribution in [0.5, 0.6) is 0 Å². The van der Waals surface area contributed by atoms with Gasteiger partial charge in [-0.25, -0.2) is 4.98 Å². The largest absolute Gasteiger partial charge is 0.464 e. The number of cyclic esters (lactones) is 1. The van der Waals surface area contributed by atoms with Crippen molar-refractivity contribution in [2.24, 2.45) is 0 Å². The summed E-state index contributed by atoms with van der Waals surface area (Å²) in [5, 5.41) is 3.19. The van der Waals surface area contributed by atoms with Crippen LogP contribution in [0.1, 0.15) is 18.5 Å². The van der Waals surface area contributed by atoms with Gasteiger partial charge in [0.1, 0.15) is 6.04 Å². The van der Waals surface area contributed by atoms with Crippen LogP contribution in [0.2, 0.25) is 0 Å². The zero-order chi connectivity index (χ0) is 13.2. The van der Waals surface area contributed by atoms with E-state index in [4.69, 9.17) is 4.74 Å². The maximum atomic E-state index is 11.7. The number of aromatic nitrogens is 1. The third kappa shape index (κ3) is 2.74. The van der Waals surface area contributed by atoms with Gasteiger partial charge in [0.05, 0.1) is 12.3 Å². The summed E-state index contributed by atoms with van der Waals surface area (Å²) in [4.78, 5) is 20.8. The highest BCUT2D eigenvalue weighted by Crippen LogP contribution is 2.23. The van der Waals surface area contributed by atoms with Crippen molar-refractivity contribution in [2.75, 3.05) is 37.7 Å². The van der Waals surface area contributed by atoms with Crippen LogP contribution in [-0.4, -0.2) is 54.7 Å². The van der Waals surface area contributed by atoms with E-state index in [1.54, 1.807) is 11.3 Å². The van der Waals surface area contributed by atoms with Gasteiger partial charge >= 0.3 is 5.97 Å². The van der Waals surface area contributed by atoms with Gasteiger partial charge < -0.3 is 9.64 Å². The van der Waals surface area contributed by atoms with Gasteiger partial charge in [-0.3, -0.25) is 9.69 Å². The van der Waals surface area contributed by atoms with Crippen molar-refractivity contribution in [3.8, 4) is 0 Å². The number of hydrogen-bond donors (Lipinski definition) is 0. The number of esters is 1. The minimum absolute atomic E-state index is 0.0158. The van der Waals surface area contributed by atoms with Gasteiger partial charge in [0.25, 0.3) is 0 Å². The summed E-state index contributed by atoms with van der Waals surface area (Å²) in [6, 6.07) is -0.0158. The van der Waals surface area contributed by atoms with Crippen LogP contribution in [0.3, 0.4) is 0 Å². The van der Waals surface area contributed by atoms with Crippen LogP contribution in [0.25, 0.3) is 0 Å². The summed E-state index contributed by atoms with van der Waals surface area (Å²) < 4.78 is 5.07. The number of nitrogens with zero attached hydrogens (tertiary/aromatic N) is 3. The number of ether oxygens (including phenoxy) is 1. The molecule has 2 saturated heterocycles. The Morgan fingerprint density at radius 2 is 2.26 bits per heavy atom. The predicted molar refractivity (Wildman–Crippen MR) is 74.6 cm³/mol. The van der Waals surface area contributed by atoms with Crippen LogP contribution in [-0.2, 0) is 9.53 Å². The zero-order valence-electron chi connectivity index (χ0n) is 11.2. The Morgan fingerprint density at radius 3 is 2.95 bits per heavy atom. The molecule has 0 bridgehead atoms. The highest BCUT2D eigenvalue weighted by molar-refractivity contribution is 7.13. The lowest BCUT2D eigenvalue weighted by molar-refractivity contribution is -0.142. The fraction of sp³-hybridized carbons (Fsp3) is 0.692. The second kappa shape index (κ2) is 5.46. The van der Waals surface area contributed by atoms with Crippen LogP contribution in [0.15, 0.2) is 5.38 Å². The van der Waals surface area contributed by atoms with E-state index in [0.717, 1.165) is 49.8 Å². The molecule has 3 heterocycles. The van der Waals surface area contributed by atoms with E-state index in [9.17, 15) is 4.79 Å². The molecule has 1 atom stereocenters. The Bertz CT molecular complexity index is 462. The van der Waals surface area contributed by atoms with Gasteiger partial charge in [0.2, 0.25) is 0 Å². The molecule has 2 aliphatic heterocycles. The molecule has 2 fully saturated rings. The maximum Gasteiger partial charge on any atom is 0.323 e. The lowest BCUT2D eigenvalue weighted by Crippen LogP contribution is -2.41. The number of carbonyl (C=O) groups is 1. The first-order chi connectivity index (χ1) is 9.24. The second-order valence-electron chi connectivity index (χ2n) is 5.12. The van der Waals surface area contributed by atoms with Gasteiger partial charge in [-0.1, -0.05) is 0 Å². The molecule has 3 rings (SSSR count). The fourth-order valence-corrected chi connectivity index (χ4v) is 3.60. The Hall–Kier alpha value is -1.14. The number of carbonyl (C=O) groups excluding carboxylic acids is 1. The molecule has 1 aromatic rings. The normalized spacial score (nSPS) is 25.4. The average molecular weight is 281 g/mol. The average Bonchev–Trinajstić information content (AvgIpc) is 2.93. The molecule has 0 unspecified atom stereocenters. The lowest BCUT2D eigenvalue weighted by atomic mass is 10.2. The molecule has 0 N–H and O–H groups in total. The van der Waals surface area contributed by atoms with E-state index in [0.29, 0.717) is 6.61 Å². The minimum atomic E-state index is -0.0430. The summed E-state index contributed by atoms with van der Waals surface area (Å²) in [5.41, 5.74) is 1.08. The van der Waals surface area contributed by atoms with E-state index < -0.39 is 0 Å². The van der Waals surface area contributed by atoms with Gasteiger partial charge in [-0.15, -0.1) is 11.3 Å². The SMILES string of the molecule is Cc1csc(N2CCCN([C@@H]3CCOC3=O)CC2)n1. The smallest absolute Gasteiger partial charge is 0.323 e. The van der Waals surface area contributed by atoms with E-state index in [-0.39, 0.29) is 12.0 Å². The summed E-state index contributed by atoms with van der Waals surface area (Å²) in [6.07, 6.45) is 1.91. The summed E-state index contributed by atoms with van der Waals surface area (Å²) in [5.74, 6) is -0.0430. The van der Waals surface area contributed by atoms with Crippen molar-refractivity contribution in [3.05, 3.63) is 11.1 Å². The summed E-state index contributed by atoms with van der Waals surface area (Å²) in [7, 11) is 0. The molecule has 104 valence electrons. The predicted octanol–water partition coefficient (Wildman–Crippen LogP) is 1.28. The summed E-state index contributed by atoms with van der Waals surface area (Å²) in [6.45, 7) is 6.45. The molecule has 0 aromatic carbocycles. The first kappa shape index (κ1) is 12.9. The van der Waals surface area contributed by atoms with Crippen LogP contribution in [0.4, 0.5) is 5.13 Å². The first-order valence-corrected chi connectivity index (χ1v) is 7.70.